The van der Waals surface area contributed by atoms with E-state index in [2.05, 4.69) is 21.7 Å². The molecule has 1 heterocycles. The van der Waals surface area contributed by atoms with E-state index in [1.807, 2.05) is 23.1 Å². The van der Waals surface area contributed by atoms with E-state index >= 15 is 0 Å². The Balaban J connectivity index is 1.59. The Morgan fingerprint density at radius 3 is 2.59 bits per heavy atom. The molecule has 142 valence electrons. The molecule has 0 saturated heterocycles. The maximum atomic E-state index is 13.6. The average Bonchev–Trinajstić information content (AvgIpc) is 2.69. The highest BCUT2D eigenvalue weighted by molar-refractivity contribution is 5.95. The molecule has 0 bridgehead atoms. The highest BCUT2D eigenvalue weighted by Crippen LogP contribution is 2.20. The lowest BCUT2D eigenvalue weighted by atomic mass is 10.0. The van der Waals surface area contributed by atoms with E-state index in [9.17, 15) is 18.0 Å². The molecule has 2 aromatic carbocycles. The van der Waals surface area contributed by atoms with Gasteiger partial charge in [0.2, 0.25) is 5.91 Å². The summed E-state index contributed by atoms with van der Waals surface area (Å²) in [6, 6.07) is 9.85. The number of amides is 1. The van der Waals surface area contributed by atoms with Crippen molar-refractivity contribution in [3.8, 4) is 0 Å². The minimum atomic E-state index is -1.62. The molecule has 3 rings (SSSR count). The normalized spacial score (nSPS) is 13.9. The van der Waals surface area contributed by atoms with Crippen LogP contribution in [-0.2, 0) is 17.8 Å². The van der Waals surface area contributed by atoms with Gasteiger partial charge in [-0.3, -0.25) is 9.79 Å². The second-order valence-electron chi connectivity index (χ2n) is 6.11. The number of nitrogens with one attached hydrogen (secondary N) is 2. The summed E-state index contributed by atoms with van der Waals surface area (Å²) < 4.78 is 39.8. The van der Waals surface area contributed by atoms with Crippen LogP contribution in [0.4, 0.5) is 18.9 Å². The Hall–Kier alpha value is -3.03. The van der Waals surface area contributed by atoms with Crippen molar-refractivity contribution in [1.29, 1.82) is 0 Å². The highest BCUT2D eigenvalue weighted by atomic mass is 19.2. The number of hydrogen-bond acceptors (Lipinski definition) is 2. The Kier molecular flexibility index (Phi) is 5.63. The van der Waals surface area contributed by atoms with Crippen molar-refractivity contribution in [2.45, 2.75) is 13.0 Å². The zero-order chi connectivity index (χ0) is 19.4. The number of nitrogens with zero attached hydrogens (tertiary/aromatic N) is 2. The number of carbonyl (C=O) groups excluding carboxylic acids is 1. The molecule has 2 aromatic rings. The van der Waals surface area contributed by atoms with Gasteiger partial charge in [-0.15, -0.1) is 0 Å². The second kappa shape index (κ2) is 8.11. The van der Waals surface area contributed by atoms with Gasteiger partial charge in [0.1, 0.15) is 0 Å². The molecular weight excluding hydrogens is 357 g/mol. The lowest BCUT2D eigenvalue weighted by Gasteiger charge is -2.31. The Labute approximate surface area is 154 Å². The van der Waals surface area contributed by atoms with Gasteiger partial charge in [-0.05, 0) is 29.7 Å². The minimum absolute atomic E-state index is 0.191. The Morgan fingerprint density at radius 2 is 1.85 bits per heavy atom. The van der Waals surface area contributed by atoms with Crippen LogP contribution in [0.1, 0.15) is 11.1 Å². The van der Waals surface area contributed by atoms with Gasteiger partial charge in [-0.25, -0.2) is 13.2 Å². The van der Waals surface area contributed by atoms with Crippen molar-refractivity contribution in [3.63, 3.8) is 0 Å². The molecule has 2 N–H and O–H groups in total. The first-order valence-corrected chi connectivity index (χ1v) is 8.45. The second-order valence-corrected chi connectivity index (χ2v) is 6.11. The van der Waals surface area contributed by atoms with E-state index in [1.165, 1.54) is 11.1 Å². The molecule has 0 radical (unpaired) electrons. The molecule has 1 amide bonds. The van der Waals surface area contributed by atoms with Gasteiger partial charge in [0.15, 0.2) is 23.4 Å². The molecule has 0 aliphatic carbocycles. The number of guanidine groups is 1. The first-order chi connectivity index (χ1) is 13.0. The predicted molar refractivity (Wildman–Crippen MR) is 96.9 cm³/mol. The van der Waals surface area contributed by atoms with Crippen LogP contribution in [0.25, 0.3) is 0 Å². The lowest BCUT2D eigenvalue weighted by Crippen LogP contribution is -2.46. The SMILES string of the molecule is CN=C(NCC(=O)Nc1ccc(F)c(F)c1F)N1CCc2ccccc2C1. The van der Waals surface area contributed by atoms with Crippen LogP contribution >= 0.6 is 0 Å². The third kappa shape index (κ3) is 4.21. The topological polar surface area (TPSA) is 56.7 Å². The van der Waals surface area contributed by atoms with Crippen LogP contribution in [0.5, 0.6) is 0 Å². The summed E-state index contributed by atoms with van der Waals surface area (Å²) in [5.74, 6) is -4.43. The van der Waals surface area contributed by atoms with Crippen LogP contribution < -0.4 is 10.6 Å². The van der Waals surface area contributed by atoms with E-state index in [-0.39, 0.29) is 6.54 Å². The van der Waals surface area contributed by atoms with Crippen molar-refractivity contribution in [2.75, 3.05) is 25.5 Å². The van der Waals surface area contributed by atoms with Crippen molar-refractivity contribution in [3.05, 3.63) is 65.0 Å². The maximum Gasteiger partial charge on any atom is 0.243 e. The van der Waals surface area contributed by atoms with Crippen molar-refractivity contribution >= 4 is 17.6 Å². The summed E-state index contributed by atoms with van der Waals surface area (Å²) in [5, 5.41) is 5.13. The van der Waals surface area contributed by atoms with Gasteiger partial charge >= 0.3 is 0 Å². The molecule has 0 atom stereocenters. The third-order valence-electron chi connectivity index (χ3n) is 4.36. The van der Waals surface area contributed by atoms with Gasteiger partial charge < -0.3 is 15.5 Å². The van der Waals surface area contributed by atoms with E-state index in [0.717, 1.165) is 25.1 Å². The van der Waals surface area contributed by atoms with E-state index in [0.29, 0.717) is 12.5 Å². The van der Waals surface area contributed by atoms with Crippen molar-refractivity contribution in [2.24, 2.45) is 4.99 Å². The molecule has 0 saturated carbocycles. The number of rotatable bonds is 3. The van der Waals surface area contributed by atoms with Gasteiger partial charge in [0.05, 0.1) is 12.2 Å². The van der Waals surface area contributed by atoms with Crippen LogP contribution in [0.2, 0.25) is 0 Å². The molecular formula is C19H19F3N4O. The van der Waals surface area contributed by atoms with E-state index < -0.39 is 29.0 Å². The first kappa shape index (κ1) is 18.8. The number of aliphatic imine (C=N–C) groups is 1. The zero-order valence-corrected chi connectivity index (χ0v) is 14.7. The maximum absolute atomic E-state index is 13.6. The molecule has 1 aliphatic rings. The molecule has 0 aromatic heterocycles. The van der Waals surface area contributed by atoms with Gasteiger partial charge in [-0.1, -0.05) is 24.3 Å². The molecule has 0 spiro atoms. The number of carbonyl (C=O) groups is 1. The molecule has 1 aliphatic heterocycles. The van der Waals surface area contributed by atoms with E-state index in [4.69, 9.17) is 0 Å². The lowest BCUT2D eigenvalue weighted by molar-refractivity contribution is -0.115. The standard InChI is InChI=1S/C19H19F3N4O/c1-23-19(26-9-8-12-4-2-3-5-13(12)11-26)24-10-16(27)25-15-7-6-14(20)17(21)18(15)22/h2-7H,8-11H2,1H3,(H,23,24)(H,25,27). The summed E-state index contributed by atoms with van der Waals surface area (Å²) >= 11 is 0. The van der Waals surface area contributed by atoms with Crippen molar-refractivity contribution < 1.29 is 18.0 Å². The fraction of sp³-hybridized carbons (Fsp3) is 0.263. The Morgan fingerprint density at radius 1 is 1.11 bits per heavy atom. The number of hydrogen-bond donors (Lipinski definition) is 2. The van der Waals surface area contributed by atoms with E-state index in [1.54, 1.807) is 7.05 Å². The van der Waals surface area contributed by atoms with Crippen molar-refractivity contribution in [1.82, 2.24) is 10.2 Å². The summed E-state index contributed by atoms with van der Waals surface area (Å²) in [4.78, 5) is 18.2. The third-order valence-corrected chi connectivity index (χ3v) is 4.36. The van der Waals surface area contributed by atoms with Gasteiger partial charge in [-0.2, -0.15) is 0 Å². The number of fused-ring (bicyclic) bond motifs is 1. The average molecular weight is 376 g/mol. The monoisotopic (exact) mass is 376 g/mol. The van der Waals surface area contributed by atoms with Gasteiger partial charge in [0.25, 0.3) is 0 Å². The zero-order valence-electron chi connectivity index (χ0n) is 14.7. The molecule has 8 heteroatoms. The number of anilines is 1. The highest BCUT2D eigenvalue weighted by Gasteiger charge is 2.20. The van der Waals surface area contributed by atoms with Crippen LogP contribution in [0.15, 0.2) is 41.4 Å². The summed E-state index contributed by atoms with van der Waals surface area (Å²) in [6.45, 7) is 1.22. The molecule has 0 fully saturated rings. The van der Waals surface area contributed by atoms with Crippen LogP contribution in [0, 0.1) is 17.5 Å². The summed E-state index contributed by atoms with van der Waals surface area (Å²) in [5.41, 5.74) is 2.07. The largest absolute Gasteiger partial charge is 0.347 e. The van der Waals surface area contributed by atoms with Gasteiger partial charge in [0, 0.05) is 20.1 Å². The molecule has 5 nitrogen and oxygen atoms in total. The summed E-state index contributed by atoms with van der Waals surface area (Å²) in [7, 11) is 1.61. The van der Waals surface area contributed by atoms with Crippen LogP contribution in [0.3, 0.4) is 0 Å². The number of halogens is 3. The fourth-order valence-electron chi connectivity index (χ4n) is 2.98. The quantitative estimate of drug-likeness (QED) is 0.492. The Bertz CT molecular complexity index is 885. The smallest absolute Gasteiger partial charge is 0.243 e. The molecule has 0 unspecified atom stereocenters. The predicted octanol–water partition coefficient (Wildman–Crippen LogP) is 2.68. The number of benzene rings is 2. The summed E-state index contributed by atoms with van der Waals surface area (Å²) in [6.07, 6.45) is 0.864. The minimum Gasteiger partial charge on any atom is -0.347 e. The van der Waals surface area contributed by atoms with Crippen LogP contribution in [-0.4, -0.2) is 36.9 Å². The molecule has 27 heavy (non-hydrogen) atoms. The fourth-order valence-corrected chi connectivity index (χ4v) is 2.98. The first-order valence-electron chi connectivity index (χ1n) is 8.45.